The normalized spacial score (nSPS) is 11.1. The predicted molar refractivity (Wildman–Crippen MR) is 144 cm³/mol. The molecule has 0 saturated carbocycles. The van der Waals surface area contributed by atoms with Crippen molar-refractivity contribution >= 4 is 53.2 Å². The van der Waals surface area contributed by atoms with Crippen LogP contribution in [-0.4, -0.2) is 39.2 Å². The Morgan fingerprint density at radius 2 is 0.730 bits per heavy atom. The lowest BCUT2D eigenvalue weighted by atomic mass is 10.1. The standard InChI is InChI=1S/C30H27NO6/c1-35-28(32)19-10-22-4-13-25(14-5-22)31(26-15-6-23(7-16-26)11-20-29(33)36-2)27-17-8-24(9-18-27)12-21-30(34)37-3/h4-21H,1-3H3/b19-10+,20-11+,21-12+. The minimum absolute atomic E-state index is 0.423. The number of carbonyl (C=O) groups is 3. The summed E-state index contributed by atoms with van der Waals surface area (Å²) in [5.41, 5.74) is 5.23. The van der Waals surface area contributed by atoms with Crippen molar-refractivity contribution in [1.82, 2.24) is 0 Å². The molecule has 0 aliphatic heterocycles. The van der Waals surface area contributed by atoms with Gasteiger partial charge in [0.2, 0.25) is 0 Å². The first-order chi connectivity index (χ1) is 17.9. The predicted octanol–water partition coefficient (Wildman–Crippen LogP) is 5.72. The van der Waals surface area contributed by atoms with Crippen molar-refractivity contribution in [2.45, 2.75) is 0 Å². The van der Waals surface area contributed by atoms with Crippen LogP contribution in [0.15, 0.2) is 91.0 Å². The summed E-state index contributed by atoms with van der Waals surface area (Å²) in [5.74, 6) is -1.27. The Bertz CT molecular complexity index is 1140. The van der Waals surface area contributed by atoms with Crippen molar-refractivity contribution in [2.75, 3.05) is 26.2 Å². The van der Waals surface area contributed by atoms with Gasteiger partial charge >= 0.3 is 17.9 Å². The van der Waals surface area contributed by atoms with Crippen LogP contribution in [0.2, 0.25) is 0 Å². The molecule has 0 fully saturated rings. The van der Waals surface area contributed by atoms with Crippen molar-refractivity contribution in [3.63, 3.8) is 0 Å². The lowest BCUT2D eigenvalue weighted by Crippen LogP contribution is -2.09. The Balaban J connectivity index is 1.95. The average Bonchev–Trinajstić information content (AvgIpc) is 2.95. The highest BCUT2D eigenvalue weighted by Crippen LogP contribution is 2.35. The van der Waals surface area contributed by atoms with E-state index in [1.165, 1.54) is 39.6 Å². The van der Waals surface area contributed by atoms with Crippen LogP contribution in [-0.2, 0) is 28.6 Å². The molecular weight excluding hydrogens is 470 g/mol. The number of hydrogen-bond donors (Lipinski definition) is 0. The fourth-order valence-electron chi connectivity index (χ4n) is 3.35. The maximum absolute atomic E-state index is 11.4. The lowest BCUT2D eigenvalue weighted by molar-refractivity contribution is -0.135. The molecule has 0 saturated heterocycles. The molecule has 3 rings (SSSR count). The number of rotatable bonds is 9. The molecule has 0 spiro atoms. The molecule has 0 aliphatic rings. The summed E-state index contributed by atoms with van der Waals surface area (Å²) < 4.78 is 13.9. The summed E-state index contributed by atoms with van der Waals surface area (Å²) in [5, 5.41) is 0. The first-order valence-electron chi connectivity index (χ1n) is 11.3. The van der Waals surface area contributed by atoms with E-state index >= 15 is 0 Å². The van der Waals surface area contributed by atoms with Crippen LogP contribution in [0.3, 0.4) is 0 Å². The van der Waals surface area contributed by atoms with Crippen LogP contribution in [0.25, 0.3) is 18.2 Å². The molecule has 37 heavy (non-hydrogen) atoms. The van der Waals surface area contributed by atoms with Gasteiger partial charge < -0.3 is 19.1 Å². The maximum Gasteiger partial charge on any atom is 0.330 e. The van der Waals surface area contributed by atoms with E-state index in [4.69, 9.17) is 0 Å². The van der Waals surface area contributed by atoms with Crippen LogP contribution < -0.4 is 4.90 Å². The number of nitrogens with zero attached hydrogens (tertiary/aromatic N) is 1. The summed E-state index contributed by atoms with van der Waals surface area (Å²) in [7, 11) is 4.00. The molecule has 0 bridgehead atoms. The van der Waals surface area contributed by atoms with Gasteiger partial charge in [0, 0.05) is 35.3 Å². The number of hydrogen-bond acceptors (Lipinski definition) is 7. The third-order valence-electron chi connectivity index (χ3n) is 5.29. The van der Waals surface area contributed by atoms with Crippen molar-refractivity contribution < 1.29 is 28.6 Å². The largest absolute Gasteiger partial charge is 0.466 e. The number of anilines is 3. The molecule has 0 N–H and O–H groups in total. The Morgan fingerprint density at radius 1 is 0.486 bits per heavy atom. The van der Waals surface area contributed by atoms with E-state index < -0.39 is 17.9 Å². The molecule has 7 nitrogen and oxygen atoms in total. The van der Waals surface area contributed by atoms with Gasteiger partial charge in [0.15, 0.2) is 0 Å². The van der Waals surface area contributed by atoms with Gasteiger partial charge in [-0.05, 0) is 71.3 Å². The molecule has 0 radical (unpaired) electrons. The van der Waals surface area contributed by atoms with Gasteiger partial charge in [-0.3, -0.25) is 0 Å². The Kier molecular flexibility index (Phi) is 9.56. The highest BCUT2D eigenvalue weighted by atomic mass is 16.5. The van der Waals surface area contributed by atoms with E-state index in [-0.39, 0.29) is 0 Å². The van der Waals surface area contributed by atoms with Gasteiger partial charge in [-0.1, -0.05) is 36.4 Å². The van der Waals surface area contributed by atoms with Gasteiger partial charge in [-0.2, -0.15) is 0 Å². The third kappa shape index (κ3) is 7.80. The van der Waals surface area contributed by atoms with E-state index in [2.05, 4.69) is 19.1 Å². The fraction of sp³-hybridized carbons (Fsp3) is 0.100. The van der Waals surface area contributed by atoms with Crippen molar-refractivity contribution in [1.29, 1.82) is 0 Å². The highest BCUT2D eigenvalue weighted by Gasteiger charge is 2.12. The molecule has 0 heterocycles. The molecule has 188 valence electrons. The number of carbonyl (C=O) groups excluding carboxylic acids is 3. The molecule has 0 amide bonds. The number of methoxy groups -OCH3 is 3. The average molecular weight is 498 g/mol. The Hall–Kier alpha value is -4.91. The zero-order chi connectivity index (χ0) is 26.6. The van der Waals surface area contributed by atoms with E-state index in [1.807, 2.05) is 72.8 Å². The topological polar surface area (TPSA) is 82.1 Å². The minimum Gasteiger partial charge on any atom is -0.466 e. The third-order valence-corrected chi connectivity index (χ3v) is 5.29. The number of esters is 3. The minimum atomic E-state index is -0.423. The van der Waals surface area contributed by atoms with Crippen molar-refractivity contribution in [3.8, 4) is 0 Å². The second kappa shape index (κ2) is 13.3. The summed E-state index contributed by atoms with van der Waals surface area (Å²) in [6.45, 7) is 0. The summed E-state index contributed by atoms with van der Waals surface area (Å²) in [6, 6.07) is 23.1. The highest BCUT2D eigenvalue weighted by molar-refractivity contribution is 5.88. The van der Waals surface area contributed by atoms with E-state index in [1.54, 1.807) is 18.2 Å². The second-order valence-corrected chi connectivity index (χ2v) is 7.68. The van der Waals surface area contributed by atoms with Crippen LogP contribution in [0.5, 0.6) is 0 Å². The van der Waals surface area contributed by atoms with Crippen molar-refractivity contribution in [3.05, 3.63) is 108 Å². The molecule has 0 aromatic heterocycles. The van der Waals surface area contributed by atoms with Crippen LogP contribution in [0.1, 0.15) is 16.7 Å². The molecular formula is C30H27NO6. The number of ether oxygens (including phenoxy) is 3. The van der Waals surface area contributed by atoms with Gasteiger partial charge in [-0.15, -0.1) is 0 Å². The first-order valence-corrected chi connectivity index (χ1v) is 11.3. The Labute approximate surface area is 215 Å². The zero-order valence-corrected chi connectivity index (χ0v) is 20.8. The fourth-order valence-corrected chi connectivity index (χ4v) is 3.35. The van der Waals surface area contributed by atoms with Crippen LogP contribution >= 0.6 is 0 Å². The molecule has 0 atom stereocenters. The van der Waals surface area contributed by atoms with E-state index in [0.29, 0.717) is 0 Å². The smallest absolute Gasteiger partial charge is 0.330 e. The number of benzene rings is 3. The van der Waals surface area contributed by atoms with Crippen LogP contribution in [0, 0.1) is 0 Å². The summed E-state index contributed by atoms with van der Waals surface area (Å²) >= 11 is 0. The monoisotopic (exact) mass is 497 g/mol. The summed E-state index contributed by atoms with van der Waals surface area (Å²) in [6.07, 6.45) is 9.16. The van der Waals surface area contributed by atoms with E-state index in [9.17, 15) is 14.4 Å². The molecule has 7 heteroatoms. The second-order valence-electron chi connectivity index (χ2n) is 7.68. The van der Waals surface area contributed by atoms with Crippen LogP contribution in [0.4, 0.5) is 17.1 Å². The summed E-state index contributed by atoms with van der Waals surface area (Å²) in [4.78, 5) is 36.3. The van der Waals surface area contributed by atoms with Gasteiger partial charge in [0.1, 0.15) is 0 Å². The van der Waals surface area contributed by atoms with Gasteiger partial charge in [0.25, 0.3) is 0 Å². The zero-order valence-electron chi connectivity index (χ0n) is 20.8. The SMILES string of the molecule is COC(=O)/C=C/c1ccc(N(c2ccc(/C=C/C(=O)OC)cc2)c2ccc(/C=C/C(=O)OC)cc2)cc1. The van der Waals surface area contributed by atoms with Crippen molar-refractivity contribution in [2.24, 2.45) is 0 Å². The first kappa shape index (κ1) is 26.7. The lowest BCUT2D eigenvalue weighted by Gasteiger charge is -2.26. The van der Waals surface area contributed by atoms with Gasteiger partial charge in [-0.25, -0.2) is 14.4 Å². The molecule has 0 unspecified atom stereocenters. The van der Waals surface area contributed by atoms with Gasteiger partial charge in [0.05, 0.1) is 21.3 Å². The molecule has 3 aromatic carbocycles. The quantitative estimate of drug-likeness (QED) is 0.213. The molecule has 0 aliphatic carbocycles. The maximum atomic E-state index is 11.4. The molecule has 3 aromatic rings. The Morgan fingerprint density at radius 3 is 0.946 bits per heavy atom. The van der Waals surface area contributed by atoms with E-state index in [0.717, 1.165) is 33.8 Å².